The lowest BCUT2D eigenvalue weighted by atomic mass is 9.85. The molecule has 4 N–H and O–H groups in total. The van der Waals surface area contributed by atoms with E-state index < -0.39 is 134 Å². The molecule has 2 aliphatic carbocycles. The molecule has 1 amide bonds. The van der Waals surface area contributed by atoms with Gasteiger partial charge in [-0.15, -0.1) is 0 Å². The number of amides is 1. The Kier molecular flexibility index (Phi) is 13.8. The fraction of sp³-hybridized carbons (Fsp3) is 0.452. The van der Waals surface area contributed by atoms with E-state index in [-0.39, 0.29) is 50.6 Å². The predicted octanol–water partition coefficient (Wildman–Crippen LogP) is 6.67. The first kappa shape index (κ1) is 50.2. The summed E-state index contributed by atoms with van der Waals surface area (Å²) in [7, 11) is -6.42. The lowest BCUT2D eigenvalue weighted by Crippen LogP contribution is -2.53. The SMILES string of the molecule is CN1C(C#CC(C)(C)S(C)(=O)=O)=CC=C(c2ccc(Cl)c3c(NS(C)(=O)=O)nn(CC(F)CCF)c23)C1C(Cc1cc(F)cc(F)c1)NC(=O)CN=C1/C(=C(\N)C(F)(F)F)C2CC2C1(F)F. The van der Waals surface area contributed by atoms with Gasteiger partial charge in [-0.1, -0.05) is 29.7 Å². The van der Waals surface area contributed by atoms with Crippen molar-refractivity contribution < 1.29 is 61.1 Å². The number of carbonyl (C=O) groups is 1. The van der Waals surface area contributed by atoms with E-state index in [1.54, 1.807) is 0 Å². The molecule has 2 fully saturated rings. The summed E-state index contributed by atoms with van der Waals surface area (Å²) in [6.07, 6.45) is -3.73. The summed E-state index contributed by atoms with van der Waals surface area (Å²) >= 11 is 6.65. The molecule has 3 aromatic rings. The van der Waals surface area contributed by atoms with Gasteiger partial charge in [0, 0.05) is 42.8 Å². The minimum atomic E-state index is -5.20. The first-order valence-electron chi connectivity index (χ1n) is 19.9. The summed E-state index contributed by atoms with van der Waals surface area (Å²) in [6, 6.07) is 2.50. The molecule has 5 unspecified atom stereocenters. The number of hydrogen-bond donors (Lipinski definition) is 3. The Bertz CT molecular complexity index is 2870. The largest absolute Gasteiger partial charge is 0.431 e. The van der Waals surface area contributed by atoms with Gasteiger partial charge in [-0.2, -0.15) is 27.1 Å². The molecule has 2 heterocycles. The maximum Gasteiger partial charge on any atom is 0.431 e. The van der Waals surface area contributed by atoms with Crippen molar-refractivity contribution in [1.29, 1.82) is 0 Å². The second-order valence-electron chi connectivity index (χ2n) is 16.8. The van der Waals surface area contributed by atoms with Crippen molar-refractivity contribution >= 4 is 65.4 Å². The molecule has 5 atom stereocenters. The van der Waals surface area contributed by atoms with Crippen LogP contribution in [0.3, 0.4) is 0 Å². The molecular weight excluding hydrogens is 953 g/mol. The quantitative estimate of drug-likeness (QED) is 0.119. The number of rotatable bonds is 14. The van der Waals surface area contributed by atoms with Gasteiger partial charge in [0.15, 0.2) is 15.7 Å². The molecule has 2 saturated carbocycles. The molecule has 2 aromatic carbocycles. The van der Waals surface area contributed by atoms with Gasteiger partial charge in [-0.3, -0.25) is 23.6 Å². The highest BCUT2D eigenvalue weighted by atomic mass is 35.5. The summed E-state index contributed by atoms with van der Waals surface area (Å²) in [5, 5.41) is 6.77. The third-order valence-electron chi connectivity index (χ3n) is 11.5. The number of nitrogens with zero attached hydrogens (tertiary/aromatic N) is 4. The van der Waals surface area contributed by atoms with Crippen molar-refractivity contribution in [3.05, 3.63) is 87.2 Å². The number of halogens is 10. The predicted molar refractivity (Wildman–Crippen MR) is 231 cm³/mol. The Labute approximate surface area is 379 Å². The van der Waals surface area contributed by atoms with Gasteiger partial charge >= 0.3 is 6.18 Å². The zero-order valence-electron chi connectivity index (χ0n) is 35.7. The van der Waals surface area contributed by atoms with Crippen LogP contribution in [0.1, 0.15) is 37.8 Å². The van der Waals surface area contributed by atoms with Crippen LogP contribution in [-0.2, 0) is 37.6 Å². The van der Waals surface area contributed by atoms with E-state index >= 15 is 13.2 Å². The lowest BCUT2D eigenvalue weighted by molar-refractivity contribution is -0.120. The Balaban J connectivity index is 1.56. The number of allylic oxidation sites excluding steroid dienone is 5. The van der Waals surface area contributed by atoms with Crippen LogP contribution < -0.4 is 15.8 Å². The smallest absolute Gasteiger partial charge is 0.394 e. The molecule has 0 bridgehead atoms. The number of anilines is 1. The standard InChI is InChI=1S/C42H43ClF9N7O5S2/c1-40(2,65(4,61)62)12-10-25-6-7-26(27-8-9-30(43)34-36(27)59(20-22(45)11-13-44)56-39(34)57-66(5,63)64)35(58(25)3)31(16-21-14-23(46)17-24(47)15-21)55-32(60)19-54-38-33(37(53)42(50,51)52)28-18-29(28)41(38,48)49/h6-9,14-15,17,22,28-29,31,35H,11,13,16,18-20,53H2,1-5H3,(H,55,60)(H,56,57)/b37-33-,54-38?. The summed E-state index contributed by atoms with van der Waals surface area (Å²) in [6.45, 7) is -0.195. The van der Waals surface area contributed by atoms with Crippen molar-refractivity contribution in [1.82, 2.24) is 20.0 Å². The van der Waals surface area contributed by atoms with E-state index in [1.807, 2.05) is 0 Å². The summed E-state index contributed by atoms with van der Waals surface area (Å²) in [4.78, 5) is 19.1. The number of nitrogens with one attached hydrogen (secondary N) is 2. The number of aromatic nitrogens is 2. The number of nitrogens with two attached hydrogens (primary N) is 1. The third kappa shape index (κ3) is 10.5. The van der Waals surface area contributed by atoms with E-state index in [1.165, 1.54) is 50.1 Å². The van der Waals surface area contributed by atoms with Crippen molar-refractivity contribution in [2.75, 3.05) is 37.5 Å². The number of aliphatic imine (C=N–C) groups is 1. The molecule has 3 aliphatic rings. The lowest BCUT2D eigenvalue weighted by Gasteiger charge is -2.40. The molecule has 0 radical (unpaired) electrons. The molecule has 66 heavy (non-hydrogen) atoms. The summed E-state index contributed by atoms with van der Waals surface area (Å²) in [5.41, 5.74) is 1.61. The van der Waals surface area contributed by atoms with Crippen LogP contribution in [0.5, 0.6) is 0 Å². The average Bonchev–Trinajstić information content (AvgIpc) is 3.85. The number of fused-ring (bicyclic) bond motifs is 2. The first-order valence-corrected chi connectivity index (χ1v) is 24.1. The normalized spacial score (nSPS) is 22.0. The maximum atomic E-state index is 15.4. The van der Waals surface area contributed by atoms with E-state index in [0.717, 1.165) is 29.3 Å². The van der Waals surface area contributed by atoms with Crippen LogP contribution in [0, 0.1) is 35.3 Å². The second-order valence-corrected chi connectivity index (χ2v) is 21.5. The van der Waals surface area contributed by atoms with Crippen molar-refractivity contribution in [2.45, 2.75) is 74.8 Å². The fourth-order valence-electron chi connectivity index (χ4n) is 7.95. The Morgan fingerprint density at radius 2 is 1.74 bits per heavy atom. The molecular formula is C42H43ClF9N7O5S2. The van der Waals surface area contributed by atoms with Gasteiger partial charge in [-0.25, -0.2) is 30.0 Å². The van der Waals surface area contributed by atoms with Gasteiger partial charge in [0.1, 0.15) is 40.5 Å². The van der Waals surface area contributed by atoms with E-state index in [4.69, 9.17) is 17.3 Å². The minimum Gasteiger partial charge on any atom is -0.394 e. The summed E-state index contributed by atoms with van der Waals surface area (Å²) < 4.78 is 182. The van der Waals surface area contributed by atoms with E-state index in [9.17, 15) is 48.0 Å². The number of benzene rings is 2. The van der Waals surface area contributed by atoms with Crippen molar-refractivity contribution in [3.63, 3.8) is 0 Å². The first-order chi connectivity index (χ1) is 30.4. The number of hydrogen-bond acceptors (Lipinski definition) is 9. The van der Waals surface area contributed by atoms with Crippen LogP contribution in [0.25, 0.3) is 16.5 Å². The average molecular weight is 996 g/mol. The Morgan fingerprint density at radius 1 is 1.09 bits per heavy atom. The molecule has 0 spiro atoms. The monoisotopic (exact) mass is 995 g/mol. The number of sulfone groups is 1. The zero-order chi connectivity index (χ0) is 49.1. The van der Waals surface area contributed by atoms with Crippen LogP contribution >= 0.6 is 11.6 Å². The van der Waals surface area contributed by atoms with Crippen molar-refractivity contribution in [2.24, 2.45) is 22.6 Å². The van der Waals surface area contributed by atoms with E-state index in [0.29, 0.717) is 6.07 Å². The van der Waals surface area contributed by atoms with Gasteiger partial charge in [0.2, 0.25) is 15.9 Å². The third-order valence-corrected chi connectivity index (χ3v) is 14.3. The topological polar surface area (TPSA) is 169 Å². The molecule has 1 aromatic heterocycles. The molecule has 12 nitrogen and oxygen atoms in total. The maximum absolute atomic E-state index is 15.4. The highest BCUT2D eigenvalue weighted by Gasteiger charge is 2.68. The number of alkyl halides is 7. The molecule has 1 aliphatic heterocycles. The summed E-state index contributed by atoms with van der Waals surface area (Å²) in [5.74, 6) is -4.70. The molecule has 358 valence electrons. The van der Waals surface area contributed by atoms with Crippen LogP contribution in [0.2, 0.25) is 5.02 Å². The molecule has 24 heteroatoms. The highest BCUT2D eigenvalue weighted by Crippen LogP contribution is 2.62. The highest BCUT2D eigenvalue weighted by molar-refractivity contribution is 7.92. The fourth-order valence-corrected chi connectivity index (χ4v) is 8.92. The van der Waals surface area contributed by atoms with Gasteiger partial charge in [0.25, 0.3) is 5.92 Å². The number of likely N-dealkylation sites (N-methyl/N-ethyl adjacent to an activating group) is 1. The number of sulfonamides is 1. The minimum absolute atomic E-state index is 0.0159. The van der Waals surface area contributed by atoms with Crippen LogP contribution in [-0.4, -0.2) is 111 Å². The van der Waals surface area contributed by atoms with E-state index in [2.05, 4.69) is 32.0 Å². The van der Waals surface area contributed by atoms with Gasteiger partial charge in [0.05, 0.1) is 53.2 Å². The zero-order valence-corrected chi connectivity index (χ0v) is 38.1. The number of carbonyl (C=O) groups excluding carboxylic acids is 1. The second kappa shape index (κ2) is 18.1. The van der Waals surface area contributed by atoms with Gasteiger partial charge < -0.3 is 16.0 Å². The Hall–Kier alpha value is -5.21. The van der Waals surface area contributed by atoms with Gasteiger partial charge in [-0.05, 0) is 73.9 Å². The molecule has 0 saturated heterocycles. The Morgan fingerprint density at radius 3 is 2.33 bits per heavy atom. The molecule has 6 rings (SSSR count). The van der Waals surface area contributed by atoms with Crippen LogP contribution in [0.4, 0.5) is 45.3 Å². The van der Waals surface area contributed by atoms with Crippen LogP contribution in [0.15, 0.2) is 64.4 Å². The van der Waals surface area contributed by atoms with Crippen molar-refractivity contribution in [3.8, 4) is 11.8 Å².